The molecule has 0 aliphatic heterocycles. The summed E-state index contributed by atoms with van der Waals surface area (Å²) in [6, 6.07) is 15.9. The fourth-order valence-electron chi connectivity index (χ4n) is 2.46. The van der Waals surface area contributed by atoms with Gasteiger partial charge in [-0.2, -0.15) is 0 Å². The zero-order chi connectivity index (χ0) is 15.0. The number of benzene rings is 2. The van der Waals surface area contributed by atoms with Crippen LogP contribution in [0.3, 0.4) is 0 Å². The first kappa shape index (κ1) is 13.7. The minimum atomic E-state index is -0.309. The van der Waals surface area contributed by atoms with Crippen molar-refractivity contribution < 1.29 is 4.42 Å². The minimum Gasteiger partial charge on any atom is -0.408 e. The Morgan fingerprint density at radius 2 is 1.67 bits per heavy atom. The van der Waals surface area contributed by atoms with Crippen LogP contribution in [0.15, 0.2) is 57.7 Å². The molecule has 108 valence electrons. The second kappa shape index (κ2) is 4.92. The summed E-state index contributed by atoms with van der Waals surface area (Å²) >= 11 is 0. The fourth-order valence-corrected chi connectivity index (χ4v) is 2.46. The van der Waals surface area contributed by atoms with Crippen LogP contribution < -0.4 is 5.76 Å². The Bertz CT molecular complexity index is 817. The first-order valence-electron chi connectivity index (χ1n) is 7.13. The van der Waals surface area contributed by atoms with Crippen LogP contribution in [0.5, 0.6) is 0 Å². The van der Waals surface area contributed by atoms with Gasteiger partial charge in [0.05, 0.1) is 12.1 Å². The summed E-state index contributed by atoms with van der Waals surface area (Å²) in [6.45, 7) is 7.10. The van der Waals surface area contributed by atoms with Crippen LogP contribution in [-0.2, 0) is 12.0 Å². The molecule has 3 heteroatoms. The number of para-hydroxylation sites is 2. The molecule has 0 radical (unpaired) electrons. The van der Waals surface area contributed by atoms with E-state index in [0.29, 0.717) is 12.1 Å². The van der Waals surface area contributed by atoms with Gasteiger partial charge < -0.3 is 4.42 Å². The summed E-state index contributed by atoms with van der Waals surface area (Å²) in [5.41, 5.74) is 3.99. The number of fused-ring (bicyclic) bond motifs is 1. The average molecular weight is 281 g/mol. The number of rotatable bonds is 2. The number of aromatic nitrogens is 1. The molecule has 0 spiro atoms. The summed E-state index contributed by atoms with van der Waals surface area (Å²) in [6.07, 6.45) is 0. The SMILES string of the molecule is CC(C)(C)c1ccc(Cn2c(=O)oc3ccccc32)cc1. The Morgan fingerprint density at radius 1 is 1.00 bits per heavy atom. The van der Waals surface area contributed by atoms with Gasteiger partial charge in [0.25, 0.3) is 0 Å². The standard InChI is InChI=1S/C18H19NO2/c1-18(2,3)14-10-8-13(9-11-14)12-19-15-6-4-5-7-16(15)21-17(19)20/h4-11H,12H2,1-3H3. The zero-order valence-electron chi connectivity index (χ0n) is 12.6. The summed E-state index contributed by atoms with van der Waals surface area (Å²) in [7, 11) is 0. The Morgan fingerprint density at radius 3 is 2.33 bits per heavy atom. The quantitative estimate of drug-likeness (QED) is 0.713. The largest absolute Gasteiger partial charge is 0.420 e. The fraction of sp³-hybridized carbons (Fsp3) is 0.278. The first-order valence-corrected chi connectivity index (χ1v) is 7.13. The monoisotopic (exact) mass is 281 g/mol. The smallest absolute Gasteiger partial charge is 0.408 e. The molecular formula is C18H19NO2. The molecule has 2 aromatic carbocycles. The van der Waals surface area contributed by atoms with Crippen molar-refractivity contribution in [1.29, 1.82) is 0 Å². The molecule has 21 heavy (non-hydrogen) atoms. The molecule has 0 aliphatic carbocycles. The second-order valence-electron chi connectivity index (χ2n) is 6.37. The van der Waals surface area contributed by atoms with Crippen LogP contribution in [-0.4, -0.2) is 4.57 Å². The van der Waals surface area contributed by atoms with Crippen molar-refractivity contribution in [2.24, 2.45) is 0 Å². The van der Waals surface area contributed by atoms with E-state index in [1.165, 1.54) is 5.56 Å². The van der Waals surface area contributed by atoms with E-state index in [0.717, 1.165) is 11.1 Å². The third kappa shape index (κ3) is 2.64. The zero-order valence-corrected chi connectivity index (χ0v) is 12.6. The third-order valence-electron chi connectivity index (χ3n) is 3.73. The molecule has 0 bridgehead atoms. The van der Waals surface area contributed by atoms with Gasteiger partial charge in [0.2, 0.25) is 0 Å². The number of oxazole rings is 1. The Kier molecular flexibility index (Phi) is 3.20. The van der Waals surface area contributed by atoms with E-state index in [1.54, 1.807) is 4.57 Å². The highest BCUT2D eigenvalue weighted by atomic mass is 16.4. The predicted molar refractivity (Wildman–Crippen MR) is 84.7 cm³/mol. The van der Waals surface area contributed by atoms with Gasteiger partial charge in [-0.3, -0.25) is 4.57 Å². The van der Waals surface area contributed by atoms with Crippen LogP contribution in [0.1, 0.15) is 31.9 Å². The second-order valence-corrected chi connectivity index (χ2v) is 6.37. The molecule has 0 atom stereocenters. The lowest BCUT2D eigenvalue weighted by atomic mass is 9.87. The van der Waals surface area contributed by atoms with Crippen molar-refractivity contribution in [3.05, 3.63) is 70.2 Å². The van der Waals surface area contributed by atoms with Crippen LogP contribution >= 0.6 is 0 Å². The molecule has 3 aromatic rings. The van der Waals surface area contributed by atoms with E-state index < -0.39 is 0 Å². The number of hydrogen-bond donors (Lipinski definition) is 0. The van der Waals surface area contributed by atoms with Gasteiger partial charge in [-0.1, -0.05) is 57.2 Å². The van der Waals surface area contributed by atoms with E-state index in [9.17, 15) is 4.79 Å². The number of nitrogens with zero attached hydrogens (tertiary/aromatic N) is 1. The van der Waals surface area contributed by atoms with Crippen LogP contribution in [0, 0.1) is 0 Å². The highest BCUT2D eigenvalue weighted by molar-refractivity contribution is 5.72. The van der Waals surface area contributed by atoms with Crippen molar-refractivity contribution in [3.63, 3.8) is 0 Å². The van der Waals surface area contributed by atoms with Crippen molar-refractivity contribution in [2.75, 3.05) is 0 Å². The normalized spacial score (nSPS) is 12.0. The van der Waals surface area contributed by atoms with Crippen molar-refractivity contribution in [2.45, 2.75) is 32.7 Å². The highest BCUT2D eigenvalue weighted by Crippen LogP contribution is 2.22. The highest BCUT2D eigenvalue weighted by Gasteiger charge is 2.13. The lowest BCUT2D eigenvalue weighted by Crippen LogP contribution is -2.15. The molecule has 0 aliphatic rings. The van der Waals surface area contributed by atoms with Gasteiger partial charge in [-0.05, 0) is 28.7 Å². The molecule has 3 rings (SSSR count). The summed E-state index contributed by atoms with van der Waals surface area (Å²) in [5.74, 6) is -0.309. The van der Waals surface area contributed by atoms with Gasteiger partial charge in [-0.15, -0.1) is 0 Å². The summed E-state index contributed by atoms with van der Waals surface area (Å²) in [5, 5.41) is 0. The Balaban J connectivity index is 1.96. The predicted octanol–water partition coefficient (Wildman–Crippen LogP) is 3.94. The van der Waals surface area contributed by atoms with Crippen LogP contribution in [0.2, 0.25) is 0 Å². The lowest BCUT2D eigenvalue weighted by Gasteiger charge is -2.19. The van der Waals surface area contributed by atoms with E-state index in [1.807, 2.05) is 24.3 Å². The molecule has 0 saturated heterocycles. The van der Waals surface area contributed by atoms with Crippen LogP contribution in [0.25, 0.3) is 11.1 Å². The van der Waals surface area contributed by atoms with Gasteiger partial charge in [0.1, 0.15) is 0 Å². The van der Waals surface area contributed by atoms with Gasteiger partial charge >= 0.3 is 5.76 Å². The van der Waals surface area contributed by atoms with E-state index in [-0.39, 0.29) is 11.2 Å². The number of hydrogen-bond acceptors (Lipinski definition) is 2. The maximum Gasteiger partial charge on any atom is 0.420 e. The van der Waals surface area contributed by atoms with Crippen molar-refractivity contribution in [3.8, 4) is 0 Å². The van der Waals surface area contributed by atoms with Gasteiger partial charge in [0, 0.05) is 0 Å². The van der Waals surface area contributed by atoms with Gasteiger partial charge in [-0.25, -0.2) is 4.79 Å². The topological polar surface area (TPSA) is 35.1 Å². The first-order chi connectivity index (χ1) is 9.95. The van der Waals surface area contributed by atoms with E-state index in [2.05, 4.69) is 45.0 Å². The lowest BCUT2D eigenvalue weighted by molar-refractivity contribution is 0.517. The molecule has 0 N–H and O–H groups in total. The molecule has 0 fully saturated rings. The van der Waals surface area contributed by atoms with Gasteiger partial charge in [0.15, 0.2) is 5.58 Å². The maximum atomic E-state index is 12.0. The van der Waals surface area contributed by atoms with Crippen molar-refractivity contribution >= 4 is 11.1 Å². The average Bonchev–Trinajstić information content (AvgIpc) is 2.75. The van der Waals surface area contributed by atoms with Crippen LogP contribution in [0.4, 0.5) is 0 Å². The molecule has 0 amide bonds. The molecule has 0 saturated carbocycles. The molecule has 1 aromatic heterocycles. The van der Waals surface area contributed by atoms with E-state index >= 15 is 0 Å². The maximum absolute atomic E-state index is 12.0. The molecular weight excluding hydrogens is 262 g/mol. The van der Waals surface area contributed by atoms with E-state index in [4.69, 9.17) is 4.42 Å². The molecule has 3 nitrogen and oxygen atoms in total. The third-order valence-corrected chi connectivity index (χ3v) is 3.73. The molecule has 1 heterocycles. The summed E-state index contributed by atoms with van der Waals surface area (Å²) in [4.78, 5) is 12.0. The minimum absolute atomic E-state index is 0.137. The Hall–Kier alpha value is -2.29. The Labute approximate surface area is 123 Å². The van der Waals surface area contributed by atoms with Crippen molar-refractivity contribution in [1.82, 2.24) is 4.57 Å². The molecule has 0 unspecified atom stereocenters. The summed E-state index contributed by atoms with van der Waals surface area (Å²) < 4.78 is 6.92.